The van der Waals surface area contributed by atoms with E-state index in [1.807, 2.05) is 31.2 Å². The maximum absolute atomic E-state index is 11.9. The van der Waals surface area contributed by atoms with Crippen molar-refractivity contribution in [3.8, 4) is 11.4 Å². The molecule has 208 valence electrons. The van der Waals surface area contributed by atoms with Crippen LogP contribution >= 0.6 is 0 Å². The van der Waals surface area contributed by atoms with Crippen molar-refractivity contribution in [3.63, 3.8) is 0 Å². The van der Waals surface area contributed by atoms with Crippen LogP contribution in [0.15, 0.2) is 53.7 Å². The van der Waals surface area contributed by atoms with Crippen LogP contribution in [0.4, 0.5) is 16.3 Å². The second-order valence-electron chi connectivity index (χ2n) is 9.68. The summed E-state index contributed by atoms with van der Waals surface area (Å²) in [5, 5.41) is 5.56. The van der Waals surface area contributed by atoms with Gasteiger partial charge in [0.1, 0.15) is 17.2 Å². The molecule has 2 N–H and O–H groups in total. The van der Waals surface area contributed by atoms with E-state index in [1.54, 1.807) is 25.4 Å². The molecule has 1 aromatic heterocycles. The Labute approximate surface area is 230 Å². The van der Waals surface area contributed by atoms with E-state index >= 15 is 0 Å². The zero-order chi connectivity index (χ0) is 27.8. The fraction of sp³-hybridized carbons (Fsp3) is 0.448. The minimum Gasteiger partial charge on any atom is -0.493 e. The molecule has 4 rings (SSSR count). The van der Waals surface area contributed by atoms with Crippen LogP contribution in [0.2, 0.25) is 0 Å². The Bertz CT molecular complexity index is 1230. The number of morpholine rings is 1. The summed E-state index contributed by atoms with van der Waals surface area (Å²) in [6.45, 7) is 13.3. The monoisotopic (exact) mass is 534 g/mol. The zero-order valence-electron chi connectivity index (χ0n) is 23.2. The number of hydrogen-bond donors (Lipinski definition) is 2. The average Bonchev–Trinajstić information content (AvgIpc) is 3.27. The summed E-state index contributed by atoms with van der Waals surface area (Å²) in [4.78, 5) is 28.3. The van der Waals surface area contributed by atoms with Gasteiger partial charge in [-0.15, -0.1) is 0 Å². The number of hydrogen-bond acceptors (Lipinski definition) is 8. The number of urea groups is 1. The van der Waals surface area contributed by atoms with Gasteiger partial charge in [0, 0.05) is 49.6 Å². The first-order valence-electron chi connectivity index (χ1n) is 13.3. The minimum absolute atomic E-state index is 0.171. The van der Waals surface area contributed by atoms with Crippen molar-refractivity contribution >= 4 is 23.8 Å². The Morgan fingerprint density at radius 3 is 2.82 bits per heavy atom. The van der Waals surface area contributed by atoms with Gasteiger partial charge in [-0.05, 0) is 57.2 Å². The number of carbonyl (C=O) groups is 1. The SMILES string of the molecule is C=C/C(=C\C=NC)OCC[C@@]1(C)OCc2c(N3CCOC[C@@H]3C)nc(-c3ccc(NC(=O)NCC)cc3)nc21. The van der Waals surface area contributed by atoms with Crippen LogP contribution in [0.3, 0.4) is 0 Å². The number of carbonyl (C=O) groups excluding carboxylic acids is 1. The number of amides is 2. The molecule has 0 unspecified atom stereocenters. The quantitative estimate of drug-likeness (QED) is 0.264. The van der Waals surface area contributed by atoms with E-state index in [-0.39, 0.29) is 12.1 Å². The van der Waals surface area contributed by atoms with Crippen molar-refractivity contribution in [2.75, 3.05) is 50.2 Å². The Morgan fingerprint density at radius 2 is 2.13 bits per heavy atom. The molecule has 1 fully saturated rings. The Kier molecular flexibility index (Phi) is 9.32. The van der Waals surface area contributed by atoms with Gasteiger partial charge in [0.2, 0.25) is 0 Å². The van der Waals surface area contributed by atoms with E-state index in [1.165, 1.54) is 0 Å². The molecule has 2 aliphatic rings. The molecule has 39 heavy (non-hydrogen) atoms. The normalized spacial score (nSPS) is 21.1. The van der Waals surface area contributed by atoms with Gasteiger partial charge in [-0.25, -0.2) is 14.8 Å². The molecule has 0 radical (unpaired) electrons. The molecule has 1 aromatic carbocycles. The van der Waals surface area contributed by atoms with Crippen molar-refractivity contribution < 1.29 is 19.0 Å². The third kappa shape index (κ3) is 6.63. The molecule has 0 spiro atoms. The number of fused-ring (bicyclic) bond motifs is 1. The third-order valence-corrected chi connectivity index (χ3v) is 6.84. The van der Waals surface area contributed by atoms with Crippen molar-refractivity contribution in [1.82, 2.24) is 15.3 Å². The number of nitrogens with zero attached hydrogens (tertiary/aromatic N) is 4. The molecular formula is C29H38N6O4. The lowest BCUT2D eigenvalue weighted by atomic mass is 9.96. The van der Waals surface area contributed by atoms with Gasteiger partial charge in [-0.3, -0.25) is 4.99 Å². The maximum Gasteiger partial charge on any atom is 0.319 e. The standard InChI is InChI=1S/C29H38N6O4/c1-6-23(12-14-30-5)38-16-13-29(4)25-24(19-39-29)27(35-15-17-37-18-20(35)3)34-26(33-25)21-8-10-22(11-9-21)32-28(36)31-7-2/h6,8-12,14,20H,1,7,13,15-19H2,2-5H3,(H2,31,32,36)/b23-12+,30-14?/t20-,29+/m0/s1. The van der Waals surface area contributed by atoms with Crippen LogP contribution in [0.25, 0.3) is 11.4 Å². The summed E-state index contributed by atoms with van der Waals surface area (Å²) >= 11 is 0. The molecule has 2 amide bonds. The van der Waals surface area contributed by atoms with Crippen LogP contribution in [0, 0.1) is 0 Å². The van der Waals surface area contributed by atoms with Gasteiger partial charge < -0.3 is 29.7 Å². The Balaban J connectivity index is 1.66. The van der Waals surface area contributed by atoms with Crippen LogP contribution in [-0.2, 0) is 26.4 Å². The molecule has 10 heteroatoms. The molecule has 1 saturated heterocycles. The van der Waals surface area contributed by atoms with Gasteiger partial charge in [-0.1, -0.05) is 6.58 Å². The smallest absolute Gasteiger partial charge is 0.319 e. The van der Waals surface area contributed by atoms with E-state index < -0.39 is 5.60 Å². The maximum atomic E-state index is 11.9. The van der Waals surface area contributed by atoms with Crippen molar-refractivity contribution in [3.05, 3.63) is 60.0 Å². The predicted octanol–water partition coefficient (Wildman–Crippen LogP) is 4.43. The summed E-state index contributed by atoms with van der Waals surface area (Å²) in [5.41, 5.74) is 2.76. The summed E-state index contributed by atoms with van der Waals surface area (Å²) in [7, 11) is 1.71. The van der Waals surface area contributed by atoms with Crippen LogP contribution in [0.5, 0.6) is 0 Å². The lowest BCUT2D eigenvalue weighted by molar-refractivity contribution is -0.0432. The van der Waals surface area contributed by atoms with E-state index in [0.29, 0.717) is 56.7 Å². The molecule has 2 aromatic rings. The lowest BCUT2D eigenvalue weighted by Crippen LogP contribution is -2.44. The molecule has 3 heterocycles. The van der Waals surface area contributed by atoms with E-state index in [4.69, 9.17) is 24.2 Å². The van der Waals surface area contributed by atoms with Crippen molar-refractivity contribution in [1.29, 1.82) is 0 Å². The zero-order valence-corrected chi connectivity index (χ0v) is 23.2. The first kappa shape index (κ1) is 28.3. The number of ether oxygens (including phenoxy) is 3. The lowest BCUT2D eigenvalue weighted by Gasteiger charge is -2.35. The second kappa shape index (κ2) is 12.9. The molecule has 0 saturated carbocycles. The second-order valence-corrected chi connectivity index (χ2v) is 9.68. The summed E-state index contributed by atoms with van der Waals surface area (Å²) in [5.74, 6) is 2.14. The Hall–Kier alpha value is -3.76. The number of allylic oxidation sites excluding steroid dienone is 2. The van der Waals surface area contributed by atoms with Gasteiger partial charge in [0.15, 0.2) is 5.82 Å². The number of benzene rings is 1. The van der Waals surface area contributed by atoms with Gasteiger partial charge in [0.05, 0.1) is 38.2 Å². The molecule has 0 bridgehead atoms. The summed E-state index contributed by atoms with van der Waals surface area (Å²) < 4.78 is 18.0. The highest BCUT2D eigenvalue weighted by Crippen LogP contribution is 2.43. The van der Waals surface area contributed by atoms with Crippen LogP contribution < -0.4 is 15.5 Å². The average molecular weight is 535 g/mol. The first-order valence-corrected chi connectivity index (χ1v) is 13.3. The van der Waals surface area contributed by atoms with E-state index in [2.05, 4.69) is 41.0 Å². The summed E-state index contributed by atoms with van der Waals surface area (Å²) in [6, 6.07) is 7.47. The van der Waals surface area contributed by atoms with E-state index in [9.17, 15) is 4.79 Å². The predicted molar refractivity (Wildman–Crippen MR) is 153 cm³/mol. The van der Waals surface area contributed by atoms with Crippen molar-refractivity contribution in [2.24, 2.45) is 4.99 Å². The fourth-order valence-electron chi connectivity index (χ4n) is 4.67. The highest BCUT2D eigenvalue weighted by Gasteiger charge is 2.41. The fourth-order valence-corrected chi connectivity index (χ4v) is 4.67. The molecule has 0 aliphatic carbocycles. The van der Waals surface area contributed by atoms with Crippen molar-refractivity contribution in [2.45, 2.75) is 45.4 Å². The van der Waals surface area contributed by atoms with Crippen LogP contribution in [0.1, 0.15) is 38.4 Å². The number of anilines is 2. The number of rotatable bonds is 10. The minimum atomic E-state index is -0.651. The molecule has 2 aliphatic heterocycles. The largest absolute Gasteiger partial charge is 0.493 e. The highest BCUT2D eigenvalue weighted by molar-refractivity contribution is 5.89. The third-order valence-electron chi connectivity index (χ3n) is 6.84. The first-order chi connectivity index (χ1) is 18.9. The topological polar surface area (TPSA) is 110 Å². The Morgan fingerprint density at radius 1 is 1.33 bits per heavy atom. The van der Waals surface area contributed by atoms with Crippen LogP contribution in [-0.4, -0.2) is 68.2 Å². The van der Waals surface area contributed by atoms with E-state index in [0.717, 1.165) is 29.2 Å². The summed E-state index contributed by atoms with van der Waals surface area (Å²) in [6.07, 6.45) is 5.71. The number of nitrogens with one attached hydrogen (secondary N) is 2. The highest BCUT2D eigenvalue weighted by atomic mass is 16.5. The molecule has 2 atom stereocenters. The molecule has 10 nitrogen and oxygen atoms in total. The van der Waals surface area contributed by atoms with Gasteiger partial charge in [-0.2, -0.15) is 0 Å². The van der Waals surface area contributed by atoms with Gasteiger partial charge in [0.25, 0.3) is 0 Å². The number of aromatic nitrogens is 2. The van der Waals surface area contributed by atoms with Gasteiger partial charge >= 0.3 is 6.03 Å². The molecular weight excluding hydrogens is 496 g/mol. The number of aliphatic imine (C=N–C) groups is 1.